The quantitative estimate of drug-likeness (QED) is 0.651. The fourth-order valence-electron chi connectivity index (χ4n) is 1.84. The SMILES string of the molecule is COc1ccc(/C=N/NC(=O)c2cc(Cl)ccc2O)c(OC)c1. The number of carbonyl (C=O) groups is 1. The number of nitrogens with one attached hydrogen (secondary N) is 1. The van der Waals surface area contributed by atoms with Gasteiger partial charge in [-0.2, -0.15) is 5.10 Å². The smallest absolute Gasteiger partial charge is 0.275 e. The highest BCUT2D eigenvalue weighted by Crippen LogP contribution is 2.23. The van der Waals surface area contributed by atoms with Gasteiger partial charge in [-0.15, -0.1) is 0 Å². The summed E-state index contributed by atoms with van der Waals surface area (Å²) < 4.78 is 10.3. The molecule has 0 aliphatic rings. The predicted octanol–water partition coefficient (Wildman–Crippen LogP) is 2.83. The number of methoxy groups -OCH3 is 2. The molecule has 0 radical (unpaired) electrons. The lowest BCUT2D eigenvalue weighted by atomic mass is 10.2. The number of hydrogen-bond donors (Lipinski definition) is 2. The summed E-state index contributed by atoms with van der Waals surface area (Å²) in [4.78, 5) is 12.0. The van der Waals surface area contributed by atoms with Gasteiger partial charge in [-0.3, -0.25) is 4.79 Å². The van der Waals surface area contributed by atoms with Crippen LogP contribution in [-0.2, 0) is 0 Å². The maximum absolute atomic E-state index is 12.0. The van der Waals surface area contributed by atoms with Crippen LogP contribution in [0.5, 0.6) is 17.2 Å². The molecule has 0 spiro atoms. The fraction of sp³-hybridized carbons (Fsp3) is 0.125. The second-order valence-electron chi connectivity index (χ2n) is 4.47. The summed E-state index contributed by atoms with van der Waals surface area (Å²) in [5, 5.41) is 13.9. The largest absolute Gasteiger partial charge is 0.507 e. The summed E-state index contributed by atoms with van der Waals surface area (Å²) in [6, 6.07) is 9.37. The molecule has 0 fully saturated rings. The van der Waals surface area contributed by atoms with Crippen molar-refractivity contribution < 1.29 is 19.4 Å². The van der Waals surface area contributed by atoms with Crippen molar-refractivity contribution in [2.24, 2.45) is 5.10 Å². The van der Waals surface area contributed by atoms with E-state index >= 15 is 0 Å². The van der Waals surface area contributed by atoms with E-state index in [0.717, 1.165) is 0 Å². The molecule has 0 atom stereocenters. The Kier molecular flexibility index (Phi) is 5.43. The summed E-state index contributed by atoms with van der Waals surface area (Å²) in [7, 11) is 3.08. The third-order valence-electron chi connectivity index (χ3n) is 3.01. The Morgan fingerprint density at radius 3 is 2.70 bits per heavy atom. The molecule has 23 heavy (non-hydrogen) atoms. The monoisotopic (exact) mass is 334 g/mol. The maximum atomic E-state index is 12.0. The van der Waals surface area contributed by atoms with E-state index in [0.29, 0.717) is 22.1 Å². The maximum Gasteiger partial charge on any atom is 0.275 e. The minimum Gasteiger partial charge on any atom is -0.507 e. The fourth-order valence-corrected chi connectivity index (χ4v) is 2.01. The highest BCUT2D eigenvalue weighted by molar-refractivity contribution is 6.31. The number of phenolic OH excluding ortho intramolecular Hbond substituents is 1. The molecule has 2 N–H and O–H groups in total. The van der Waals surface area contributed by atoms with E-state index in [-0.39, 0.29) is 11.3 Å². The standard InChI is InChI=1S/C16H15ClN2O4/c1-22-12-5-3-10(15(8-12)23-2)9-18-19-16(21)13-7-11(17)4-6-14(13)20/h3-9,20H,1-2H3,(H,19,21)/b18-9+. The van der Waals surface area contributed by atoms with Crippen molar-refractivity contribution in [3.05, 3.63) is 52.5 Å². The molecule has 2 aromatic carbocycles. The Labute approximate surface area is 138 Å². The van der Waals surface area contributed by atoms with Crippen molar-refractivity contribution in [3.63, 3.8) is 0 Å². The van der Waals surface area contributed by atoms with E-state index in [2.05, 4.69) is 10.5 Å². The number of benzene rings is 2. The summed E-state index contributed by atoms with van der Waals surface area (Å²) in [6.07, 6.45) is 1.43. The van der Waals surface area contributed by atoms with Gasteiger partial charge in [-0.1, -0.05) is 11.6 Å². The Hall–Kier alpha value is -2.73. The Bertz CT molecular complexity index is 747. The zero-order valence-electron chi connectivity index (χ0n) is 12.5. The lowest BCUT2D eigenvalue weighted by molar-refractivity contribution is 0.0952. The first-order chi connectivity index (χ1) is 11.0. The van der Waals surface area contributed by atoms with Crippen LogP contribution in [0.15, 0.2) is 41.5 Å². The van der Waals surface area contributed by atoms with Crippen molar-refractivity contribution in [1.29, 1.82) is 0 Å². The summed E-state index contributed by atoms with van der Waals surface area (Å²) in [6.45, 7) is 0. The van der Waals surface area contributed by atoms with E-state index in [4.69, 9.17) is 21.1 Å². The third-order valence-corrected chi connectivity index (χ3v) is 3.25. The minimum atomic E-state index is -0.575. The van der Waals surface area contributed by atoms with Crippen molar-refractivity contribution in [2.45, 2.75) is 0 Å². The second-order valence-corrected chi connectivity index (χ2v) is 4.90. The summed E-state index contributed by atoms with van der Waals surface area (Å²) >= 11 is 5.80. The van der Waals surface area contributed by atoms with Gasteiger partial charge in [0.25, 0.3) is 5.91 Å². The van der Waals surface area contributed by atoms with E-state index in [9.17, 15) is 9.90 Å². The first-order valence-electron chi connectivity index (χ1n) is 6.59. The number of phenols is 1. The van der Waals surface area contributed by atoms with Crippen LogP contribution in [0.2, 0.25) is 5.02 Å². The molecule has 7 heteroatoms. The molecule has 0 heterocycles. The van der Waals surface area contributed by atoms with Crippen molar-refractivity contribution in [2.75, 3.05) is 14.2 Å². The molecule has 120 valence electrons. The highest BCUT2D eigenvalue weighted by Gasteiger charge is 2.11. The van der Waals surface area contributed by atoms with Gasteiger partial charge in [0.05, 0.1) is 26.0 Å². The lowest BCUT2D eigenvalue weighted by Gasteiger charge is -2.07. The lowest BCUT2D eigenvalue weighted by Crippen LogP contribution is -2.17. The van der Waals surface area contributed by atoms with Crippen LogP contribution < -0.4 is 14.9 Å². The summed E-state index contributed by atoms with van der Waals surface area (Å²) in [5.74, 6) is 0.442. The van der Waals surface area contributed by atoms with Gasteiger partial charge in [0.2, 0.25) is 0 Å². The van der Waals surface area contributed by atoms with Crippen LogP contribution in [0.4, 0.5) is 0 Å². The van der Waals surface area contributed by atoms with Crippen molar-refractivity contribution in [3.8, 4) is 17.2 Å². The first-order valence-corrected chi connectivity index (χ1v) is 6.97. The predicted molar refractivity (Wildman–Crippen MR) is 87.7 cm³/mol. The van der Waals surface area contributed by atoms with Crippen molar-refractivity contribution in [1.82, 2.24) is 5.43 Å². The molecule has 6 nitrogen and oxygen atoms in total. The molecule has 1 amide bonds. The topological polar surface area (TPSA) is 80.2 Å². The van der Waals surface area contributed by atoms with Gasteiger partial charge in [0, 0.05) is 16.7 Å². The Morgan fingerprint density at radius 2 is 2.00 bits per heavy atom. The van der Waals surface area contributed by atoms with Crippen LogP contribution in [-0.4, -0.2) is 31.4 Å². The van der Waals surface area contributed by atoms with E-state index in [1.54, 1.807) is 25.3 Å². The molecule has 0 bridgehead atoms. The van der Waals surface area contributed by atoms with Gasteiger partial charge in [-0.25, -0.2) is 5.43 Å². The zero-order valence-corrected chi connectivity index (χ0v) is 13.3. The summed E-state index contributed by atoms with van der Waals surface area (Å²) in [5.41, 5.74) is 3.02. The molecule has 0 saturated heterocycles. The molecule has 0 aliphatic carbocycles. The minimum absolute atomic E-state index is 0.0383. The van der Waals surface area contributed by atoms with Crippen LogP contribution >= 0.6 is 11.6 Å². The van der Waals surface area contributed by atoms with Crippen LogP contribution in [0.1, 0.15) is 15.9 Å². The molecule has 2 rings (SSSR count). The average molecular weight is 335 g/mol. The van der Waals surface area contributed by atoms with Crippen LogP contribution in [0.25, 0.3) is 0 Å². The van der Waals surface area contributed by atoms with Gasteiger partial charge in [0.15, 0.2) is 0 Å². The molecule has 2 aromatic rings. The first kappa shape index (κ1) is 16.6. The zero-order chi connectivity index (χ0) is 16.8. The molecular formula is C16H15ClN2O4. The molecule has 0 aromatic heterocycles. The highest BCUT2D eigenvalue weighted by atomic mass is 35.5. The number of aromatic hydroxyl groups is 1. The number of nitrogens with zero attached hydrogens (tertiary/aromatic N) is 1. The number of amides is 1. The third kappa shape index (κ3) is 4.14. The number of carbonyl (C=O) groups excluding carboxylic acids is 1. The number of hydrogen-bond acceptors (Lipinski definition) is 5. The van der Waals surface area contributed by atoms with E-state index < -0.39 is 5.91 Å². The molecule has 0 saturated carbocycles. The van der Waals surface area contributed by atoms with Gasteiger partial charge in [0.1, 0.15) is 17.2 Å². The number of ether oxygens (including phenoxy) is 2. The van der Waals surface area contributed by atoms with Crippen LogP contribution in [0.3, 0.4) is 0 Å². The van der Waals surface area contributed by atoms with Crippen LogP contribution in [0, 0.1) is 0 Å². The molecule has 0 aliphatic heterocycles. The van der Waals surface area contributed by atoms with Gasteiger partial charge >= 0.3 is 0 Å². The Morgan fingerprint density at radius 1 is 1.22 bits per heavy atom. The van der Waals surface area contributed by atoms with E-state index in [1.165, 1.54) is 31.5 Å². The molecular weight excluding hydrogens is 320 g/mol. The number of hydrazone groups is 1. The van der Waals surface area contributed by atoms with Gasteiger partial charge < -0.3 is 14.6 Å². The molecule has 0 unspecified atom stereocenters. The number of rotatable bonds is 5. The van der Waals surface area contributed by atoms with E-state index in [1.807, 2.05) is 0 Å². The number of halogens is 1. The Balaban J connectivity index is 2.12. The average Bonchev–Trinajstić information content (AvgIpc) is 2.57. The van der Waals surface area contributed by atoms with Crippen molar-refractivity contribution >= 4 is 23.7 Å². The second kappa shape index (κ2) is 7.51. The normalized spacial score (nSPS) is 10.6. The van der Waals surface area contributed by atoms with Gasteiger partial charge in [-0.05, 0) is 30.3 Å².